The van der Waals surface area contributed by atoms with Crippen LogP contribution < -0.4 is 15.5 Å². The Morgan fingerprint density at radius 3 is 1.24 bits per heavy atom. The number of aromatic nitrogens is 3. The minimum absolute atomic E-state index is 0.235. The second-order valence-electron chi connectivity index (χ2n) is 37.1. The monoisotopic (exact) mass is 1640 g/mol. The van der Waals surface area contributed by atoms with Gasteiger partial charge in [-0.15, -0.1) is 0 Å². The van der Waals surface area contributed by atoms with Crippen LogP contribution in [0.5, 0.6) is 0 Å². The maximum absolute atomic E-state index is 7.81. The molecule has 126 heavy (non-hydrogen) atoms. The zero-order chi connectivity index (χ0) is 84.8. The summed E-state index contributed by atoms with van der Waals surface area (Å²) in [6, 6.07) is 106. The van der Waals surface area contributed by atoms with Crippen molar-refractivity contribution in [1.82, 2.24) is 15.0 Å². The number of nitrogens with zero attached hydrogens (tertiary/aromatic N) is 4. The lowest BCUT2D eigenvalue weighted by Crippen LogP contribution is -2.33. The Morgan fingerprint density at radius 1 is 0.325 bits per heavy atom. The highest BCUT2D eigenvalue weighted by molar-refractivity contribution is 6.21. The van der Waals surface area contributed by atoms with Gasteiger partial charge in [-0.25, -0.2) is 4.98 Å². The summed E-state index contributed by atoms with van der Waals surface area (Å²) >= 11 is 0. The fourth-order valence-corrected chi connectivity index (χ4v) is 24.9. The molecule has 0 bridgehead atoms. The van der Waals surface area contributed by atoms with E-state index in [0.717, 1.165) is 94.0 Å². The maximum atomic E-state index is 7.81. The normalized spacial score (nSPS) is 15.5. The van der Waals surface area contributed by atoms with E-state index < -0.39 is 16.2 Å². The summed E-state index contributed by atoms with van der Waals surface area (Å²) in [5.74, 6) is 1.77. The summed E-state index contributed by atoms with van der Waals surface area (Å²) < 4.78 is 14.7. The van der Waals surface area contributed by atoms with Gasteiger partial charge >= 0.3 is 0 Å². The number of anilines is 3. The largest absolute Gasteiger partial charge is 0.457 e. The molecule has 22 rings (SSSR count). The fraction of sp³-hybridized carbons (Fsp3) is 0.275. The van der Waals surface area contributed by atoms with Crippen LogP contribution in [-0.4, -0.2) is 15.0 Å². The lowest BCUT2D eigenvalue weighted by molar-refractivity contribution is 0.369. The lowest BCUT2D eigenvalue weighted by Gasteiger charge is -2.40. The van der Waals surface area contributed by atoms with Gasteiger partial charge in [0.1, 0.15) is 22.2 Å². The molecule has 3 aromatic heterocycles. The molecule has 0 saturated carbocycles. The molecule has 3 heterocycles. The van der Waals surface area contributed by atoms with Gasteiger partial charge in [-0.3, -0.25) is 4.90 Å². The molecule has 13 aromatic carbocycles. The number of hydrogen-bond donors (Lipinski definition) is 0. The number of hydrogen-bond acceptors (Lipinski definition) is 6. The van der Waals surface area contributed by atoms with Crippen LogP contribution >= 0.6 is 0 Å². The van der Waals surface area contributed by atoms with Crippen molar-refractivity contribution < 1.29 is 8.83 Å². The van der Waals surface area contributed by atoms with E-state index in [1.165, 1.54) is 243 Å². The molecule has 6 aliphatic rings. The predicted octanol–water partition coefficient (Wildman–Crippen LogP) is 31.5. The minimum atomic E-state index is -0.828. The van der Waals surface area contributed by atoms with E-state index >= 15 is 0 Å². The highest BCUT2D eigenvalue weighted by atomic mass is 16.3. The first-order valence-corrected chi connectivity index (χ1v) is 47.8. The number of rotatable bonds is 29. The molecule has 624 valence electrons. The van der Waals surface area contributed by atoms with Gasteiger partial charge in [0.2, 0.25) is 5.95 Å². The number of fused-ring (bicyclic) bond motifs is 30. The first kappa shape index (κ1) is 79.4. The van der Waals surface area contributed by atoms with E-state index in [1.54, 1.807) is 11.1 Å². The van der Waals surface area contributed by atoms with Crippen LogP contribution in [0, 0.1) is 0 Å². The summed E-state index contributed by atoms with van der Waals surface area (Å²) in [6.45, 7) is 16.6. The molecule has 0 atom stereocenters. The Kier molecular flexibility index (Phi) is 20.5. The molecule has 2 spiro atoms. The summed E-state index contributed by atoms with van der Waals surface area (Å²) in [6.07, 6.45) is 30.9. The Balaban J connectivity index is 0.844. The third-order valence-corrected chi connectivity index (χ3v) is 30.2. The van der Waals surface area contributed by atoms with Crippen LogP contribution in [0.4, 0.5) is 17.3 Å². The average Bonchev–Trinajstić information content (AvgIpc) is 1.49. The number of allylic oxidation sites excluding steroid dienone is 2. The molecule has 6 heteroatoms. The standard InChI is InChI=1S/C120H112N4O2/c1-7-12-16-20-44-70-117(71-45-21-17-13-8-2)95-59-37-34-56-88(95)108-109-91-58-36-43-65-105(91)126-113(109)110-89-69-67-81(74-100(89)118(112(110)111(108)117,72-46-22-18-14-9-3)73-47-23-19-15-10-4)124(116-122-114(79-48-26-24-27-49-79)121-115(123-116)80-50-28-25-29-51-80)82-66-68-87-92-76-103-93(77-102(92)120(101(87)75-82)98-62-40-32-54-85(98)86-55-33-41-63-99(86)120)107(106-78(6)125-104-64-42-35-57-90(104)106)94(11-5)119(103)96-60-38-30-52-83(96)84-53-31-39-61-97(84)119/h11,24-43,48-69,74-77H,6-10,12-23,44-47,70-73H2,1-5H3/b94-11+,107-106+. The van der Waals surface area contributed by atoms with E-state index in [2.05, 4.69) is 325 Å². The second-order valence-corrected chi connectivity index (χ2v) is 37.1. The maximum Gasteiger partial charge on any atom is 0.238 e. The zero-order valence-electron chi connectivity index (χ0n) is 73.9. The number of unbranched alkanes of at least 4 members (excludes halogenated alkanes) is 16. The van der Waals surface area contributed by atoms with Crippen LogP contribution in [0.2, 0.25) is 0 Å². The van der Waals surface area contributed by atoms with Crippen LogP contribution in [0.15, 0.2) is 300 Å². The van der Waals surface area contributed by atoms with Gasteiger partial charge in [-0.2, -0.15) is 9.97 Å². The molecular formula is C120H112N4O2. The van der Waals surface area contributed by atoms with Crippen molar-refractivity contribution in [2.45, 2.75) is 210 Å². The molecule has 6 nitrogen and oxygen atoms in total. The summed E-state index contributed by atoms with van der Waals surface area (Å²) in [5.41, 5.74) is 36.6. The molecule has 0 N–H and O–H groups in total. The Morgan fingerprint density at radius 2 is 0.714 bits per heavy atom. The molecule has 16 aromatic rings. The van der Waals surface area contributed by atoms with Crippen molar-refractivity contribution in [2.24, 2.45) is 0 Å². The van der Waals surface area contributed by atoms with E-state index in [-0.39, 0.29) is 5.41 Å². The van der Waals surface area contributed by atoms with E-state index in [4.69, 9.17) is 30.4 Å². The summed E-state index contributed by atoms with van der Waals surface area (Å²) in [7, 11) is 0. The average molecular weight is 1640 g/mol. The van der Waals surface area contributed by atoms with E-state index in [1.807, 2.05) is 0 Å². The highest BCUT2D eigenvalue weighted by Gasteiger charge is 2.59. The topological polar surface area (TPSA) is 68.2 Å². The van der Waals surface area contributed by atoms with Crippen LogP contribution in [0.1, 0.15) is 255 Å². The van der Waals surface area contributed by atoms with Gasteiger partial charge in [0.05, 0.1) is 10.8 Å². The summed E-state index contributed by atoms with van der Waals surface area (Å²) in [4.78, 5) is 19.8. The molecule has 0 fully saturated rings. The second kappa shape index (κ2) is 32.5. The Hall–Kier alpha value is -12.5. The number of benzene rings is 13. The van der Waals surface area contributed by atoms with Crippen molar-refractivity contribution in [3.05, 3.63) is 368 Å². The van der Waals surface area contributed by atoms with Gasteiger partial charge in [0.15, 0.2) is 11.6 Å². The molecule has 0 amide bonds. The number of furan rings is 2. The van der Waals surface area contributed by atoms with E-state index in [9.17, 15) is 0 Å². The lowest BCUT2D eigenvalue weighted by atomic mass is 9.62. The van der Waals surface area contributed by atoms with Crippen molar-refractivity contribution in [3.63, 3.8) is 0 Å². The van der Waals surface area contributed by atoms with E-state index in [0.29, 0.717) is 23.0 Å². The van der Waals surface area contributed by atoms with Crippen molar-refractivity contribution >= 4 is 62.4 Å². The van der Waals surface area contributed by atoms with Crippen molar-refractivity contribution in [1.29, 1.82) is 0 Å². The van der Waals surface area contributed by atoms with Gasteiger partial charge in [0.25, 0.3) is 0 Å². The first-order valence-electron chi connectivity index (χ1n) is 47.8. The van der Waals surface area contributed by atoms with Crippen LogP contribution in [-0.2, 0) is 21.7 Å². The van der Waals surface area contributed by atoms with Crippen molar-refractivity contribution in [3.8, 4) is 78.4 Å². The molecular weight excluding hydrogens is 1530 g/mol. The van der Waals surface area contributed by atoms with Gasteiger partial charge in [-0.1, -0.05) is 399 Å². The number of para-hydroxylation sites is 2. The highest BCUT2D eigenvalue weighted by Crippen LogP contribution is 2.71. The smallest absolute Gasteiger partial charge is 0.238 e. The fourth-order valence-electron chi connectivity index (χ4n) is 24.9. The van der Waals surface area contributed by atoms with Crippen LogP contribution in [0.3, 0.4) is 0 Å². The zero-order valence-corrected chi connectivity index (χ0v) is 73.9. The molecule has 0 unspecified atom stereocenters. The minimum Gasteiger partial charge on any atom is -0.457 e. The third kappa shape index (κ3) is 12.0. The SMILES string of the molecule is C=c1oc2ccccc2/c1=C1/C(=C\C)C2(c3cc4c(cc31)C1(c3ccccc3-c3ccccc31)c1cc(N(c3ccc5c(c3)C(CCCCCCC)(CCCCCCC)c3c6c(c7c(oc8ccccc87)c3-5)-c3ccccc3C6(CCCCCCC)CCCCCCC)c3nc(-c5ccccc5)nc(-c5ccccc5)n3)ccc1-4)c1ccccc1-c1ccccc12. The van der Waals surface area contributed by atoms with Gasteiger partial charge in [-0.05, 0) is 209 Å². The quantitative estimate of drug-likeness (QED) is 0.0435. The Bertz CT molecular complexity index is 6940. The van der Waals surface area contributed by atoms with Gasteiger partial charge < -0.3 is 8.83 Å². The molecule has 0 aliphatic heterocycles. The predicted molar refractivity (Wildman–Crippen MR) is 524 cm³/mol. The first-order chi connectivity index (χ1) is 62.2. The van der Waals surface area contributed by atoms with Crippen LogP contribution in [0.25, 0.3) is 123 Å². The molecule has 6 aliphatic carbocycles. The molecule has 0 radical (unpaired) electrons. The molecule has 0 saturated heterocycles. The summed E-state index contributed by atoms with van der Waals surface area (Å²) in [5, 5.41) is 4.60. The van der Waals surface area contributed by atoms with Gasteiger partial charge in [0, 0.05) is 60.3 Å². The Labute approximate surface area is 743 Å². The third-order valence-electron chi connectivity index (χ3n) is 30.2. The van der Waals surface area contributed by atoms with Crippen molar-refractivity contribution in [2.75, 3.05) is 4.90 Å².